The van der Waals surface area contributed by atoms with Gasteiger partial charge in [-0.05, 0) is 18.2 Å². The Labute approximate surface area is 119 Å². The number of H-pyrrole nitrogens is 1. The quantitative estimate of drug-likeness (QED) is 0.610. The van der Waals surface area contributed by atoms with Gasteiger partial charge in [0.05, 0.1) is 5.52 Å². The molecule has 0 saturated carbocycles. The Bertz CT molecular complexity index is 791. The van der Waals surface area contributed by atoms with Gasteiger partial charge in [-0.2, -0.15) is 10.1 Å². The van der Waals surface area contributed by atoms with Gasteiger partial charge in [0.25, 0.3) is 5.91 Å². The number of carbonyl (C=O) groups is 1. The lowest BCUT2D eigenvalue weighted by Gasteiger charge is -2.01. The first-order valence-electron chi connectivity index (χ1n) is 6.44. The molecule has 8 nitrogen and oxygen atoms in total. The number of aromatic amines is 1. The Morgan fingerprint density at radius 2 is 2.33 bits per heavy atom. The maximum atomic E-state index is 12.1. The van der Waals surface area contributed by atoms with Crippen LogP contribution in [-0.4, -0.2) is 32.8 Å². The summed E-state index contributed by atoms with van der Waals surface area (Å²) in [6.07, 6.45) is 0.494. The molecule has 0 saturated heterocycles. The second-order valence-corrected chi connectivity index (χ2v) is 4.61. The molecular formula is C13H14N6O2. The number of hydrogen-bond donors (Lipinski definition) is 3. The first kappa shape index (κ1) is 13.1. The lowest BCUT2D eigenvalue weighted by molar-refractivity contribution is 0.0950. The molecule has 0 atom stereocenters. The van der Waals surface area contributed by atoms with Crippen LogP contribution in [0.25, 0.3) is 10.9 Å². The molecule has 0 aliphatic rings. The van der Waals surface area contributed by atoms with E-state index in [0.717, 1.165) is 5.52 Å². The van der Waals surface area contributed by atoms with Crippen LogP contribution in [-0.2, 0) is 6.42 Å². The number of fused-ring (bicyclic) bond motifs is 1. The Kier molecular flexibility index (Phi) is 3.27. The lowest BCUT2D eigenvalue weighted by Crippen LogP contribution is -2.26. The van der Waals surface area contributed by atoms with Crippen molar-refractivity contribution in [1.29, 1.82) is 0 Å². The van der Waals surface area contributed by atoms with E-state index in [-0.39, 0.29) is 5.91 Å². The molecule has 3 rings (SSSR count). The third kappa shape index (κ3) is 2.69. The molecular weight excluding hydrogens is 272 g/mol. The molecule has 0 aliphatic carbocycles. The number of benzene rings is 1. The van der Waals surface area contributed by atoms with Gasteiger partial charge in [-0.3, -0.25) is 9.89 Å². The highest BCUT2D eigenvalue weighted by Gasteiger charge is 2.14. The summed E-state index contributed by atoms with van der Waals surface area (Å²) in [5.74, 6) is 0.793. The van der Waals surface area contributed by atoms with Crippen molar-refractivity contribution >= 4 is 22.5 Å². The summed E-state index contributed by atoms with van der Waals surface area (Å²) in [6.45, 7) is 2.11. The fourth-order valence-electron chi connectivity index (χ4n) is 2.02. The number of anilines is 1. The van der Waals surface area contributed by atoms with Gasteiger partial charge in [-0.25, -0.2) is 0 Å². The van der Waals surface area contributed by atoms with Gasteiger partial charge in [-0.15, -0.1) is 0 Å². The summed E-state index contributed by atoms with van der Waals surface area (Å²) in [5.41, 5.74) is 7.40. The van der Waals surface area contributed by atoms with Gasteiger partial charge in [0.1, 0.15) is 0 Å². The average Bonchev–Trinajstić information content (AvgIpc) is 3.04. The molecule has 108 valence electrons. The fraction of sp³-hybridized carbons (Fsp3) is 0.231. The van der Waals surface area contributed by atoms with Gasteiger partial charge >= 0.3 is 0 Å². The minimum atomic E-state index is -0.271. The maximum absolute atomic E-state index is 12.1. The molecule has 0 fully saturated rings. The molecule has 4 N–H and O–H groups in total. The van der Waals surface area contributed by atoms with Crippen LogP contribution >= 0.6 is 0 Å². The molecule has 2 aromatic heterocycles. The number of nitrogens with one attached hydrogen (secondary N) is 2. The number of hydrogen-bond acceptors (Lipinski definition) is 6. The van der Waals surface area contributed by atoms with Gasteiger partial charge in [-0.1, -0.05) is 5.16 Å². The number of nitrogens with zero attached hydrogens (tertiary/aromatic N) is 3. The van der Waals surface area contributed by atoms with E-state index in [0.29, 0.717) is 41.4 Å². The molecule has 0 aliphatic heterocycles. The van der Waals surface area contributed by atoms with Crippen LogP contribution in [0.3, 0.4) is 0 Å². The van der Waals surface area contributed by atoms with E-state index in [4.69, 9.17) is 10.3 Å². The summed E-state index contributed by atoms with van der Waals surface area (Å²) >= 11 is 0. The number of nitrogens with two attached hydrogens (primary N) is 1. The number of carbonyl (C=O) groups excluding carboxylic acids is 1. The highest BCUT2D eigenvalue weighted by Crippen LogP contribution is 2.18. The minimum absolute atomic E-state index is 0.271. The van der Waals surface area contributed by atoms with Crippen LogP contribution in [0.15, 0.2) is 22.7 Å². The molecule has 0 spiro atoms. The fourth-order valence-corrected chi connectivity index (χ4v) is 2.02. The Hall–Kier alpha value is -2.90. The van der Waals surface area contributed by atoms with Crippen molar-refractivity contribution in [1.82, 2.24) is 25.7 Å². The SMILES string of the molecule is Cc1nc(CCNC(=O)c2n[nH]c3ccc(N)cc23)no1. The third-order valence-corrected chi connectivity index (χ3v) is 3.01. The monoisotopic (exact) mass is 286 g/mol. The summed E-state index contributed by atoms with van der Waals surface area (Å²) in [7, 11) is 0. The van der Waals surface area contributed by atoms with E-state index in [2.05, 4.69) is 25.7 Å². The Morgan fingerprint density at radius 1 is 1.48 bits per heavy atom. The van der Waals surface area contributed by atoms with Crippen molar-refractivity contribution in [3.05, 3.63) is 35.6 Å². The first-order valence-corrected chi connectivity index (χ1v) is 6.44. The highest BCUT2D eigenvalue weighted by molar-refractivity contribution is 6.05. The van der Waals surface area contributed by atoms with Gasteiger partial charge < -0.3 is 15.6 Å². The van der Waals surface area contributed by atoms with E-state index in [1.807, 2.05) is 0 Å². The molecule has 3 aromatic rings. The van der Waals surface area contributed by atoms with Crippen LogP contribution in [0.1, 0.15) is 22.2 Å². The highest BCUT2D eigenvalue weighted by atomic mass is 16.5. The van der Waals surface area contributed by atoms with Crippen molar-refractivity contribution < 1.29 is 9.32 Å². The Morgan fingerprint density at radius 3 is 3.10 bits per heavy atom. The van der Waals surface area contributed by atoms with Gasteiger partial charge in [0.15, 0.2) is 11.5 Å². The second-order valence-electron chi connectivity index (χ2n) is 4.61. The molecule has 0 radical (unpaired) electrons. The van der Waals surface area contributed by atoms with E-state index in [9.17, 15) is 4.79 Å². The largest absolute Gasteiger partial charge is 0.399 e. The molecule has 2 heterocycles. The van der Waals surface area contributed by atoms with E-state index >= 15 is 0 Å². The maximum Gasteiger partial charge on any atom is 0.272 e. The van der Waals surface area contributed by atoms with Crippen molar-refractivity contribution in [2.75, 3.05) is 12.3 Å². The first-order chi connectivity index (χ1) is 10.1. The van der Waals surface area contributed by atoms with Crippen molar-refractivity contribution in [2.24, 2.45) is 0 Å². The molecule has 1 amide bonds. The van der Waals surface area contributed by atoms with E-state index in [1.165, 1.54) is 0 Å². The van der Waals surface area contributed by atoms with Crippen LogP contribution < -0.4 is 11.1 Å². The summed E-state index contributed by atoms with van der Waals surface area (Å²) in [4.78, 5) is 16.2. The molecule has 1 aromatic carbocycles. The lowest BCUT2D eigenvalue weighted by atomic mass is 10.2. The average molecular weight is 286 g/mol. The molecule has 0 unspecified atom stereocenters. The van der Waals surface area contributed by atoms with Gasteiger partial charge in [0, 0.05) is 31.0 Å². The van der Waals surface area contributed by atoms with Crippen LogP contribution in [0.2, 0.25) is 0 Å². The topological polar surface area (TPSA) is 123 Å². The zero-order valence-electron chi connectivity index (χ0n) is 11.4. The van der Waals surface area contributed by atoms with Crippen molar-refractivity contribution in [2.45, 2.75) is 13.3 Å². The predicted molar refractivity (Wildman–Crippen MR) is 75.6 cm³/mol. The van der Waals surface area contributed by atoms with Crippen LogP contribution in [0.4, 0.5) is 5.69 Å². The zero-order valence-corrected chi connectivity index (χ0v) is 11.4. The zero-order chi connectivity index (χ0) is 14.8. The number of aryl methyl sites for hydroxylation is 1. The third-order valence-electron chi connectivity index (χ3n) is 3.01. The van der Waals surface area contributed by atoms with E-state index < -0.39 is 0 Å². The molecule has 8 heteroatoms. The number of nitrogen functional groups attached to an aromatic ring is 1. The van der Waals surface area contributed by atoms with Crippen molar-refractivity contribution in [3.63, 3.8) is 0 Å². The Balaban J connectivity index is 1.68. The smallest absolute Gasteiger partial charge is 0.272 e. The summed E-state index contributed by atoms with van der Waals surface area (Å²) in [6, 6.07) is 5.26. The predicted octanol–water partition coefficient (Wildman–Crippen LogP) is 0.809. The van der Waals surface area contributed by atoms with Crippen LogP contribution in [0, 0.1) is 6.92 Å². The number of aromatic nitrogens is 4. The van der Waals surface area contributed by atoms with Crippen LogP contribution in [0.5, 0.6) is 0 Å². The van der Waals surface area contributed by atoms with E-state index in [1.54, 1.807) is 25.1 Å². The standard InChI is InChI=1S/C13H14N6O2/c1-7-16-11(19-21-7)4-5-15-13(20)12-9-6-8(14)2-3-10(9)17-18-12/h2-3,6H,4-5,14H2,1H3,(H,15,20)(H,17,18). The van der Waals surface area contributed by atoms with Gasteiger partial charge in [0.2, 0.25) is 5.89 Å². The number of amides is 1. The summed E-state index contributed by atoms with van der Waals surface area (Å²) in [5, 5.41) is 14.1. The normalized spacial score (nSPS) is 10.9. The second kappa shape index (κ2) is 5.23. The summed E-state index contributed by atoms with van der Waals surface area (Å²) < 4.78 is 4.86. The number of rotatable bonds is 4. The minimum Gasteiger partial charge on any atom is -0.399 e. The molecule has 21 heavy (non-hydrogen) atoms. The van der Waals surface area contributed by atoms with Crippen molar-refractivity contribution in [3.8, 4) is 0 Å². The molecule has 0 bridgehead atoms.